The Labute approximate surface area is 147 Å². The van der Waals surface area contributed by atoms with E-state index in [4.69, 9.17) is 0 Å². The van der Waals surface area contributed by atoms with Crippen LogP contribution in [0.25, 0.3) is 5.69 Å². The van der Waals surface area contributed by atoms with Crippen LogP contribution in [0.2, 0.25) is 0 Å². The third kappa shape index (κ3) is 5.35. The Bertz CT molecular complexity index is 640. The first-order chi connectivity index (χ1) is 11.6. The highest BCUT2D eigenvalue weighted by atomic mass is 32.2. The molecule has 1 aromatic carbocycles. The van der Waals surface area contributed by atoms with Gasteiger partial charge in [-0.05, 0) is 32.1 Å². The normalized spacial score (nSPS) is 11.0. The molecule has 6 nitrogen and oxygen atoms in total. The van der Waals surface area contributed by atoms with Gasteiger partial charge >= 0.3 is 0 Å². The molecule has 0 aliphatic carbocycles. The van der Waals surface area contributed by atoms with Crippen molar-refractivity contribution >= 4 is 23.6 Å². The molecular formula is C17H25N5OS. The van der Waals surface area contributed by atoms with Gasteiger partial charge in [0.2, 0.25) is 11.9 Å². The van der Waals surface area contributed by atoms with Gasteiger partial charge in [-0.15, -0.1) is 5.10 Å². The third-order valence-electron chi connectivity index (χ3n) is 3.64. The predicted octanol–water partition coefficient (Wildman–Crippen LogP) is 2.59. The monoisotopic (exact) mass is 347 g/mol. The Morgan fingerprint density at radius 2 is 1.96 bits per heavy atom. The van der Waals surface area contributed by atoms with E-state index in [-0.39, 0.29) is 5.91 Å². The van der Waals surface area contributed by atoms with Crippen molar-refractivity contribution < 1.29 is 4.79 Å². The molecule has 1 aromatic heterocycles. The molecule has 24 heavy (non-hydrogen) atoms. The lowest BCUT2D eigenvalue weighted by Crippen LogP contribution is -2.26. The first kappa shape index (κ1) is 18.5. The van der Waals surface area contributed by atoms with Gasteiger partial charge in [0.25, 0.3) is 0 Å². The molecule has 0 spiro atoms. The Kier molecular flexibility index (Phi) is 7.27. The molecule has 0 atom stereocenters. The topological polar surface area (TPSA) is 63.1 Å². The highest BCUT2D eigenvalue weighted by molar-refractivity contribution is 7.99. The number of hydrogen-bond donors (Lipinski definition) is 1. The van der Waals surface area contributed by atoms with Crippen molar-refractivity contribution in [2.24, 2.45) is 0 Å². The molecular weight excluding hydrogens is 322 g/mol. The van der Waals surface area contributed by atoms with E-state index in [0.717, 1.165) is 31.1 Å². The molecule has 0 bridgehead atoms. The molecule has 0 aliphatic heterocycles. The SMILES string of the molecule is CCN(CC)CCSCC(=O)Nc1nc(C)nn1-c1ccccc1. The predicted molar refractivity (Wildman–Crippen MR) is 99.8 cm³/mol. The van der Waals surface area contributed by atoms with Crippen molar-refractivity contribution in [3.8, 4) is 5.69 Å². The maximum absolute atomic E-state index is 12.2. The zero-order valence-electron chi connectivity index (χ0n) is 14.5. The maximum Gasteiger partial charge on any atom is 0.236 e. The van der Waals surface area contributed by atoms with Crippen LogP contribution in [0, 0.1) is 6.92 Å². The van der Waals surface area contributed by atoms with E-state index in [1.54, 1.807) is 16.4 Å². The smallest absolute Gasteiger partial charge is 0.236 e. The molecule has 0 aliphatic rings. The summed E-state index contributed by atoms with van der Waals surface area (Å²) in [5, 5.41) is 7.22. The van der Waals surface area contributed by atoms with Crippen molar-refractivity contribution in [1.82, 2.24) is 19.7 Å². The average molecular weight is 347 g/mol. The molecule has 2 aromatic rings. The van der Waals surface area contributed by atoms with Gasteiger partial charge in [0, 0.05) is 12.3 Å². The van der Waals surface area contributed by atoms with Crippen LogP contribution in [0.5, 0.6) is 0 Å². The van der Waals surface area contributed by atoms with Gasteiger partial charge in [-0.1, -0.05) is 32.0 Å². The quantitative estimate of drug-likeness (QED) is 0.707. The molecule has 0 saturated carbocycles. The van der Waals surface area contributed by atoms with Crippen LogP contribution in [0.1, 0.15) is 19.7 Å². The molecule has 1 heterocycles. The van der Waals surface area contributed by atoms with Crippen molar-refractivity contribution in [1.29, 1.82) is 0 Å². The van der Waals surface area contributed by atoms with Crippen LogP contribution in [0.3, 0.4) is 0 Å². The number of benzene rings is 1. The number of nitrogens with one attached hydrogen (secondary N) is 1. The number of rotatable bonds is 9. The van der Waals surface area contributed by atoms with E-state index in [9.17, 15) is 4.79 Å². The van der Waals surface area contributed by atoms with E-state index in [0.29, 0.717) is 17.5 Å². The van der Waals surface area contributed by atoms with Crippen LogP contribution in [-0.2, 0) is 4.79 Å². The summed E-state index contributed by atoms with van der Waals surface area (Å²) in [4.78, 5) is 18.8. The standard InChI is InChI=1S/C17H25N5OS/c1-4-21(5-2)11-12-24-13-16(23)19-17-18-14(3)20-22(17)15-9-7-6-8-10-15/h6-10H,4-5,11-13H2,1-3H3,(H,18,19,20,23). The van der Waals surface area contributed by atoms with Crippen LogP contribution in [0.4, 0.5) is 5.95 Å². The summed E-state index contributed by atoms with van der Waals surface area (Å²) in [5.74, 6) is 2.40. The zero-order valence-corrected chi connectivity index (χ0v) is 15.3. The lowest BCUT2D eigenvalue weighted by atomic mass is 10.3. The number of thioether (sulfide) groups is 1. The fourth-order valence-corrected chi connectivity index (χ4v) is 3.09. The van der Waals surface area contributed by atoms with E-state index in [1.807, 2.05) is 37.3 Å². The third-order valence-corrected chi connectivity index (χ3v) is 4.58. The van der Waals surface area contributed by atoms with Gasteiger partial charge in [0.15, 0.2) is 0 Å². The van der Waals surface area contributed by atoms with Gasteiger partial charge in [-0.25, -0.2) is 0 Å². The number of aryl methyl sites for hydroxylation is 1. The first-order valence-electron chi connectivity index (χ1n) is 8.23. The second-order valence-electron chi connectivity index (χ2n) is 5.36. The van der Waals surface area contributed by atoms with E-state index >= 15 is 0 Å². The highest BCUT2D eigenvalue weighted by Crippen LogP contribution is 2.14. The fraction of sp³-hybridized carbons (Fsp3) is 0.471. The zero-order chi connectivity index (χ0) is 17.4. The fourth-order valence-electron chi connectivity index (χ4n) is 2.30. The summed E-state index contributed by atoms with van der Waals surface area (Å²) in [6.07, 6.45) is 0. The number of anilines is 1. The van der Waals surface area contributed by atoms with Crippen molar-refractivity contribution in [2.45, 2.75) is 20.8 Å². The van der Waals surface area contributed by atoms with Crippen molar-refractivity contribution in [3.63, 3.8) is 0 Å². The number of nitrogens with zero attached hydrogens (tertiary/aromatic N) is 4. The van der Waals surface area contributed by atoms with E-state index < -0.39 is 0 Å². The molecule has 130 valence electrons. The molecule has 1 N–H and O–H groups in total. The lowest BCUT2D eigenvalue weighted by molar-refractivity contribution is -0.113. The summed E-state index contributed by atoms with van der Waals surface area (Å²) < 4.78 is 1.66. The molecule has 0 unspecified atom stereocenters. The Balaban J connectivity index is 1.88. The molecule has 1 amide bonds. The second-order valence-corrected chi connectivity index (χ2v) is 6.46. The first-order valence-corrected chi connectivity index (χ1v) is 9.38. The lowest BCUT2D eigenvalue weighted by Gasteiger charge is -2.17. The molecule has 0 saturated heterocycles. The molecule has 0 fully saturated rings. The second kappa shape index (κ2) is 9.44. The van der Waals surface area contributed by atoms with Crippen LogP contribution < -0.4 is 5.32 Å². The highest BCUT2D eigenvalue weighted by Gasteiger charge is 2.12. The van der Waals surface area contributed by atoms with Gasteiger partial charge in [-0.2, -0.15) is 21.4 Å². The van der Waals surface area contributed by atoms with Gasteiger partial charge < -0.3 is 4.90 Å². The summed E-state index contributed by atoms with van der Waals surface area (Å²) in [5.41, 5.74) is 0.877. The minimum Gasteiger partial charge on any atom is -0.303 e. The Morgan fingerprint density at radius 1 is 1.25 bits per heavy atom. The van der Waals surface area contributed by atoms with Crippen LogP contribution >= 0.6 is 11.8 Å². The van der Waals surface area contributed by atoms with Crippen LogP contribution in [0.15, 0.2) is 30.3 Å². The summed E-state index contributed by atoms with van der Waals surface area (Å²) in [6.45, 7) is 9.21. The molecule has 7 heteroatoms. The molecule has 2 rings (SSSR count). The maximum atomic E-state index is 12.2. The van der Waals surface area contributed by atoms with E-state index in [2.05, 4.69) is 34.1 Å². The van der Waals surface area contributed by atoms with Gasteiger partial charge in [0.1, 0.15) is 5.82 Å². The Hall–Kier alpha value is -1.86. The number of carbonyl (C=O) groups excluding carboxylic acids is 1. The minimum atomic E-state index is -0.0517. The number of aromatic nitrogens is 3. The molecule has 0 radical (unpaired) electrons. The van der Waals surface area contributed by atoms with Gasteiger partial charge in [-0.3, -0.25) is 10.1 Å². The average Bonchev–Trinajstić information content (AvgIpc) is 2.96. The van der Waals surface area contributed by atoms with Crippen molar-refractivity contribution in [3.05, 3.63) is 36.2 Å². The summed E-state index contributed by atoms with van der Waals surface area (Å²) in [7, 11) is 0. The Morgan fingerprint density at radius 3 is 2.62 bits per heavy atom. The number of amides is 1. The number of para-hydroxylation sites is 1. The van der Waals surface area contributed by atoms with E-state index in [1.165, 1.54) is 0 Å². The number of hydrogen-bond acceptors (Lipinski definition) is 5. The van der Waals surface area contributed by atoms with Crippen LogP contribution in [-0.4, -0.2) is 56.7 Å². The summed E-state index contributed by atoms with van der Waals surface area (Å²) in [6, 6.07) is 9.67. The van der Waals surface area contributed by atoms with Crippen molar-refractivity contribution in [2.75, 3.05) is 36.5 Å². The largest absolute Gasteiger partial charge is 0.303 e. The van der Waals surface area contributed by atoms with Gasteiger partial charge in [0.05, 0.1) is 11.4 Å². The summed E-state index contributed by atoms with van der Waals surface area (Å²) >= 11 is 1.64. The number of carbonyl (C=O) groups is 1. The minimum absolute atomic E-state index is 0.0517.